The third kappa shape index (κ3) is 8.37. The van der Waals surface area contributed by atoms with Crippen molar-refractivity contribution in [3.8, 4) is 0 Å². The number of nitrogens with zero attached hydrogens (tertiary/aromatic N) is 1. The molecule has 0 aliphatic heterocycles. The molecular weight excluding hydrogens is 168 g/mol. The first-order chi connectivity index (χ1) is 5.81. The van der Waals surface area contributed by atoms with Gasteiger partial charge < -0.3 is 10.2 Å². The Morgan fingerprint density at radius 3 is 2.67 bits per heavy atom. The van der Waals surface area contributed by atoms with Crippen molar-refractivity contribution in [3.63, 3.8) is 0 Å². The van der Waals surface area contributed by atoms with E-state index in [-0.39, 0.29) is 0 Å². The Kier molecular flexibility index (Phi) is 9.57. The maximum absolute atomic E-state index is 3.33. The molecule has 12 heavy (non-hydrogen) atoms. The highest BCUT2D eigenvalue weighted by atomic mass is 32.2. The van der Waals surface area contributed by atoms with E-state index in [0.717, 1.165) is 13.1 Å². The molecule has 0 aromatic carbocycles. The van der Waals surface area contributed by atoms with E-state index >= 15 is 0 Å². The molecule has 0 aliphatic carbocycles. The molecule has 0 heterocycles. The Morgan fingerprint density at radius 1 is 1.33 bits per heavy atom. The van der Waals surface area contributed by atoms with Gasteiger partial charge in [0.15, 0.2) is 0 Å². The third-order valence-electron chi connectivity index (χ3n) is 1.82. The van der Waals surface area contributed by atoms with Crippen molar-refractivity contribution >= 4 is 11.8 Å². The standard InChI is InChI=1S/C9H22N2S/c1-4-10-6-5-7-11(2)8-9-12-3/h10H,4-9H2,1-3H3. The fourth-order valence-corrected chi connectivity index (χ4v) is 1.50. The second-order valence-electron chi connectivity index (χ2n) is 3.00. The van der Waals surface area contributed by atoms with Gasteiger partial charge in [-0.3, -0.25) is 0 Å². The lowest BCUT2D eigenvalue weighted by Crippen LogP contribution is -2.25. The summed E-state index contributed by atoms with van der Waals surface area (Å²) in [4.78, 5) is 2.40. The van der Waals surface area contributed by atoms with Gasteiger partial charge in [0.2, 0.25) is 0 Å². The first-order valence-corrected chi connectivity index (χ1v) is 6.08. The highest BCUT2D eigenvalue weighted by molar-refractivity contribution is 7.98. The molecule has 0 rings (SSSR count). The Balaban J connectivity index is 3.02. The van der Waals surface area contributed by atoms with Crippen LogP contribution in [0.15, 0.2) is 0 Å². The SMILES string of the molecule is CCNCCCN(C)CCSC. The van der Waals surface area contributed by atoms with Crippen LogP contribution < -0.4 is 5.32 Å². The number of hydrogen-bond donors (Lipinski definition) is 1. The van der Waals surface area contributed by atoms with E-state index < -0.39 is 0 Å². The smallest absolute Gasteiger partial charge is 0.00692 e. The van der Waals surface area contributed by atoms with Gasteiger partial charge in [0, 0.05) is 12.3 Å². The molecule has 0 atom stereocenters. The Morgan fingerprint density at radius 2 is 2.08 bits per heavy atom. The van der Waals surface area contributed by atoms with Crippen molar-refractivity contribution in [1.29, 1.82) is 0 Å². The molecule has 0 bridgehead atoms. The summed E-state index contributed by atoms with van der Waals surface area (Å²) >= 11 is 1.92. The summed E-state index contributed by atoms with van der Waals surface area (Å²) in [7, 11) is 2.20. The maximum atomic E-state index is 3.33. The number of rotatable bonds is 8. The summed E-state index contributed by atoms with van der Waals surface area (Å²) in [6.07, 6.45) is 3.42. The Bertz CT molecular complexity index is 88.6. The van der Waals surface area contributed by atoms with Crippen LogP contribution in [0.4, 0.5) is 0 Å². The fourth-order valence-electron chi connectivity index (χ4n) is 1.01. The monoisotopic (exact) mass is 190 g/mol. The van der Waals surface area contributed by atoms with E-state index in [2.05, 4.69) is 30.4 Å². The van der Waals surface area contributed by atoms with Gasteiger partial charge in [-0.05, 0) is 39.4 Å². The van der Waals surface area contributed by atoms with Crippen LogP contribution in [0, 0.1) is 0 Å². The molecule has 0 saturated carbocycles. The van der Waals surface area contributed by atoms with Gasteiger partial charge in [0.05, 0.1) is 0 Å². The fraction of sp³-hybridized carbons (Fsp3) is 1.00. The Hall–Kier alpha value is 0.270. The van der Waals surface area contributed by atoms with E-state index in [4.69, 9.17) is 0 Å². The van der Waals surface area contributed by atoms with Gasteiger partial charge in [-0.15, -0.1) is 0 Å². The van der Waals surface area contributed by atoms with Crippen LogP contribution in [0.5, 0.6) is 0 Å². The van der Waals surface area contributed by atoms with Crippen LogP contribution in [-0.2, 0) is 0 Å². The molecule has 2 nitrogen and oxygen atoms in total. The summed E-state index contributed by atoms with van der Waals surface area (Å²) in [5.41, 5.74) is 0. The van der Waals surface area contributed by atoms with Crippen LogP contribution in [0.2, 0.25) is 0 Å². The first-order valence-electron chi connectivity index (χ1n) is 4.69. The molecule has 74 valence electrons. The highest BCUT2D eigenvalue weighted by Crippen LogP contribution is 1.93. The van der Waals surface area contributed by atoms with Gasteiger partial charge in [-0.1, -0.05) is 6.92 Å². The second-order valence-corrected chi connectivity index (χ2v) is 3.99. The van der Waals surface area contributed by atoms with Crippen LogP contribution >= 0.6 is 11.8 Å². The average Bonchev–Trinajstić information content (AvgIpc) is 2.09. The Labute approximate surface area is 81.1 Å². The summed E-state index contributed by atoms with van der Waals surface area (Å²) in [6, 6.07) is 0. The summed E-state index contributed by atoms with van der Waals surface area (Å²) in [5.74, 6) is 1.25. The molecule has 0 amide bonds. The lowest BCUT2D eigenvalue weighted by Gasteiger charge is -2.15. The largest absolute Gasteiger partial charge is 0.317 e. The quantitative estimate of drug-likeness (QED) is 0.581. The van der Waals surface area contributed by atoms with E-state index in [1.165, 1.54) is 25.3 Å². The molecule has 0 unspecified atom stereocenters. The predicted molar refractivity (Wildman–Crippen MR) is 59.0 cm³/mol. The highest BCUT2D eigenvalue weighted by Gasteiger charge is 1.95. The van der Waals surface area contributed by atoms with Crippen LogP contribution in [0.1, 0.15) is 13.3 Å². The van der Waals surface area contributed by atoms with Crippen LogP contribution in [0.25, 0.3) is 0 Å². The summed E-state index contributed by atoms with van der Waals surface area (Å²) < 4.78 is 0. The normalized spacial score (nSPS) is 11.0. The molecule has 0 fully saturated rings. The lowest BCUT2D eigenvalue weighted by atomic mass is 10.4. The number of hydrogen-bond acceptors (Lipinski definition) is 3. The minimum absolute atomic E-state index is 1.09. The lowest BCUT2D eigenvalue weighted by molar-refractivity contribution is 0.347. The molecule has 0 aromatic heterocycles. The maximum Gasteiger partial charge on any atom is 0.00692 e. The molecule has 0 saturated heterocycles. The van der Waals surface area contributed by atoms with Crippen LogP contribution in [-0.4, -0.2) is 50.1 Å². The van der Waals surface area contributed by atoms with Gasteiger partial charge >= 0.3 is 0 Å². The predicted octanol–water partition coefficient (Wildman–Crippen LogP) is 1.28. The van der Waals surface area contributed by atoms with Crippen molar-refractivity contribution in [2.75, 3.05) is 45.2 Å². The van der Waals surface area contributed by atoms with Crippen LogP contribution in [0.3, 0.4) is 0 Å². The number of thioether (sulfide) groups is 1. The molecule has 0 aliphatic rings. The van der Waals surface area contributed by atoms with Crippen molar-refractivity contribution < 1.29 is 0 Å². The van der Waals surface area contributed by atoms with E-state index in [0.29, 0.717) is 0 Å². The third-order valence-corrected chi connectivity index (χ3v) is 2.41. The molecular formula is C9H22N2S. The molecule has 3 heteroatoms. The van der Waals surface area contributed by atoms with E-state index in [1.807, 2.05) is 11.8 Å². The molecule has 0 aromatic rings. The zero-order valence-electron chi connectivity index (χ0n) is 8.60. The van der Waals surface area contributed by atoms with Crippen molar-refractivity contribution in [2.45, 2.75) is 13.3 Å². The zero-order valence-corrected chi connectivity index (χ0v) is 9.41. The summed E-state index contributed by atoms with van der Waals surface area (Å²) in [5, 5.41) is 3.33. The molecule has 0 spiro atoms. The van der Waals surface area contributed by atoms with Crippen molar-refractivity contribution in [3.05, 3.63) is 0 Å². The minimum Gasteiger partial charge on any atom is -0.317 e. The second kappa shape index (κ2) is 9.36. The topological polar surface area (TPSA) is 15.3 Å². The van der Waals surface area contributed by atoms with E-state index in [9.17, 15) is 0 Å². The van der Waals surface area contributed by atoms with Crippen molar-refractivity contribution in [1.82, 2.24) is 10.2 Å². The van der Waals surface area contributed by atoms with Gasteiger partial charge in [-0.2, -0.15) is 11.8 Å². The minimum atomic E-state index is 1.09. The van der Waals surface area contributed by atoms with Gasteiger partial charge in [-0.25, -0.2) is 0 Å². The zero-order chi connectivity index (χ0) is 9.23. The number of nitrogens with one attached hydrogen (secondary N) is 1. The van der Waals surface area contributed by atoms with Crippen molar-refractivity contribution in [2.24, 2.45) is 0 Å². The first kappa shape index (κ1) is 12.3. The van der Waals surface area contributed by atoms with E-state index in [1.54, 1.807) is 0 Å². The molecule has 1 N–H and O–H groups in total. The molecule has 0 radical (unpaired) electrons. The van der Waals surface area contributed by atoms with Gasteiger partial charge in [0.1, 0.15) is 0 Å². The average molecular weight is 190 g/mol. The van der Waals surface area contributed by atoms with Gasteiger partial charge in [0.25, 0.3) is 0 Å². The summed E-state index contributed by atoms with van der Waals surface area (Å²) in [6.45, 7) is 6.83.